The standard InChI is InChI=1S/C25H36O3/c1-2-3-4-5-6-7-8-9-10-12-15-21-18-19-25(28,20-23(21)24(26)27)22-16-13-11-14-17-22/h11,13-14,16-19,28H,2-10,12,15,20H2,1H3,(H,26,27). The molecule has 1 aliphatic rings. The van der Waals surface area contributed by atoms with Crippen LogP contribution in [0.4, 0.5) is 0 Å². The first-order chi connectivity index (χ1) is 13.6. The number of allylic oxidation sites excluding steroid dienone is 2. The summed E-state index contributed by atoms with van der Waals surface area (Å²) in [5.74, 6) is -0.916. The molecule has 0 heterocycles. The molecular formula is C25H36O3. The minimum Gasteiger partial charge on any atom is -0.478 e. The van der Waals surface area contributed by atoms with Crippen LogP contribution in [0.3, 0.4) is 0 Å². The number of unbranched alkanes of at least 4 members (excludes halogenated alkanes) is 9. The Morgan fingerprint density at radius 3 is 2.07 bits per heavy atom. The van der Waals surface area contributed by atoms with Crippen LogP contribution in [0.15, 0.2) is 53.6 Å². The number of carboxylic acids is 1. The first-order valence-corrected chi connectivity index (χ1v) is 11.0. The van der Waals surface area contributed by atoms with Gasteiger partial charge >= 0.3 is 5.97 Å². The van der Waals surface area contributed by atoms with E-state index in [-0.39, 0.29) is 6.42 Å². The van der Waals surface area contributed by atoms with Crippen molar-refractivity contribution in [1.29, 1.82) is 0 Å². The van der Waals surface area contributed by atoms with Crippen molar-refractivity contribution in [2.45, 2.75) is 89.6 Å². The van der Waals surface area contributed by atoms with Crippen LogP contribution in [0.5, 0.6) is 0 Å². The number of hydrogen-bond donors (Lipinski definition) is 2. The monoisotopic (exact) mass is 384 g/mol. The van der Waals surface area contributed by atoms with Gasteiger partial charge in [0.2, 0.25) is 0 Å². The van der Waals surface area contributed by atoms with E-state index in [9.17, 15) is 15.0 Å². The zero-order valence-electron chi connectivity index (χ0n) is 17.3. The molecule has 3 heteroatoms. The average Bonchev–Trinajstić information content (AvgIpc) is 2.71. The van der Waals surface area contributed by atoms with Crippen LogP contribution in [0.1, 0.15) is 89.5 Å². The summed E-state index contributed by atoms with van der Waals surface area (Å²) in [4.78, 5) is 11.8. The van der Waals surface area contributed by atoms with Gasteiger partial charge in [-0.1, -0.05) is 101 Å². The molecular weight excluding hydrogens is 348 g/mol. The number of rotatable bonds is 13. The van der Waals surface area contributed by atoms with Crippen LogP contribution in [0.2, 0.25) is 0 Å². The molecule has 0 aromatic heterocycles. The van der Waals surface area contributed by atoms with Crippen LogP contribution < -0.4 is 0 Å². The molecule has 0 amide bonds. The molecule has 2 rings (SSSR count). The first-order valence-electron chi connectivity index (χ1n) is 11.0. The van der Waals surface area contributed by atoms with E-state index in [1.54, 1.807) is 6.08 Å². The second-order valence-electron chi connectivity index (χ2n) is 8.04. The van der Waals surface area contributed by atoms with E-state index in [1.807, 2.05) is 36.4 Å². The van der Waals surface area contributed by atoms with Crippen molar-refractivity contribution >= 4 is 5.97 Å². The van der Waals surface area contributed by atoms with Gasteiger partial charge in [0.05, 0.1) is 0 Å². The highest BCUT2D eigenvalue weighted by Gasteiger charge is 2.33. The quantitative estimate of drug-likeness (QED) is 0.380. The van der Waals surface area contributed by atoms with Gasteiger partial charge in [0, 0.05) is 12.0 Å². The zero-order valence-corrected chi connectivity index (χ0v) is 17.3. The molecule has 0 bridgehead atoms. The highest BCUT2D eigenvalue weighted by atomic mass is 16.4. The fourth-order valence-electron chi connectivity index (χ4n) is 3.96. The molecule has 1 unspecified atom stereocenters. The van der Waals surface area contributed by atoms with Gasteiger partial charge in [-0.3, -0.25) is 0 Å². The van der Waals surface area contributed by atoms with Crippen LogP contribution in [-0.4, -0.2) is 16.2 Å². The van der Waals surface area contributed by atoms with Crippen molar-refractivity contribution in [3.8, 4) is 0 Å². The predicted octanol–water partition coefficient (Wildman–Crippen LogP) is 6.53. The van der Waals surface area contributed by atoms with E-state index < -0.39 is 11.6 Å². The molecule has 0 fully saturated rings. The van der Waals surface area contributed by atoms with Crippen molar-refractivity contribution in [3.05, 3.63) is 59.2 Å². The molecule has 0 saturated carbocycles. The van der Waals surface area contributed by atoms with Crippen LogP contribution in [0, 0.1) is 0 Å². The van der Waals surface area contributed by atoms with Crippen LogP contribution >= 0.6 is 0 Å². The molecule has 1 aromatic carbocycles. The van der Waals surface area contributed by atoms with Crippen LogP contribution in [-0.2, 0) is 10.4 Å². The molecule has 1 aliphatic carbocycles. The summed E-state index contributed by atoms with van der Waals surface area (Å²) in [5, 5.41) is 20.6. The Kier molecular flexibility index (Phi) is 9.49. The lowest BCUT2D eigenvalue weighted by molar-refractivity contribution is -0.133. The first kappa shape index (κ1) is 22.4. The lowest BCUT2D eigenvalue weighted by atomic mass is 9.80. The minimum atomic E-state index is -1.23. The molecule has 28 heavy (non-hydrogen) atoms. The van der Waals surface area contributed by atoms with Gasteiger partial charge in [0.15, 0.2) is 0 Å². The molecule has 0 radical (unpaired) electrons. The lowest BCUT2D eigenvalue weighted by Crippen LogP contribution is -2.28. The normalized spacial score (nSPS) is 19.2. The van der Waals surface area contributed by atoms with Crippen molar-refractivity contribution in [2.24, 2.45) is 0 Å². The Hall–Kier alpha value is -1.87. The maximum absolute atomic E-state index is 11.8. The Bertz CT molecular complexity index is 660. The van der Waals surface area contributed by atoms with Gasteiger partial charge in [0.1, 0.15) is 5.60 Å². The molecule has 1 atom stereocenters. The number of aliphatic hydroxyl groups is 1. The molecule has 154 valence electrons. The van der Waals surface area contributed by atoms with Gasteiger partial charge in [-0.25, -0.2) is 4.79 Å². The summed E-state index contributed by atoms with van der Waals surface area (Å²) in [6, 6.07) is 9.31. The van der Waals surface area contributed by atoms with E-state index in [0.717, 1.165) is 30.4 Å². The Morgan fingerprint density at radius 1 is 0.929 bits per heavy atom. The predicted molar refractivity (Wildman–Crippen MR) is 115 cm³/mol. The van der Waals surface area contributed by atoms with Gasteiger partial charge in [-0.15, -0.1) is 0 Å². The summed E-state index contributed by atoms with van der Waals surface area (Å²) in [5.41, 5.74) is 0.733. The highest BCUT2D eigenvalue weighted by Crippen LogP contribution is 2.36. The third-order valence-electron chi connectivity index (χ3n) is 5.73. The third kappa shape index (κ3) is 6.94. The SMILES string of the molecule is CCCCCCCCCCCCC1=C(C(=O)O)CC(O)(c2ccccc2)C=C1. The number of hydrogen-bond acceptors (Lipinski definition) is 2. The molecule has 0 saturated heterocycles. The summed E-state index contributed by atoms with van der Waals surface area (Å²) in [7, 11) is 0. The maximum atomic E-state index is 11.8. The lowest BCUT2D eigenvalue weighted by Gasteiger charge is -2.30. The van der Waals surface area contributed by atoms with Gasteiger partial charge in [-0.05, 0) is 30.1 Å². The largest absolute Gasteiger partial charge is 0.478 e. The fourth-order valence-corrected chi connectivity index (χ4v) is 3.96. The van der Waals surface area contributed by atoms with Crippen molar-refractivity contribution in [1.82, 2.24) is 0 Å². The Balaban J connectivity index is 1.77. The number of carbonyl (C=O) groups is 1. The second kappa shape index (κ2) is 11.9. The molecule has 3 nitrogen and oxygen atoms in total. The summed E-state index contributed by atoms with van der Waals surface area (Å²) in [6.07, 6.45) is 17.2. The Morgan fingerprint density at radius 2 is 1.50 bits per heavy atom. The van der Waals surface area contributed by atoms with E-state index >= 15 is 0 Å². The van der Waals surface area contributed by atoms with Crippen molar-refractivity contribution in [2.75, 3.05) is 0 Å². The number of aliphatic carboxylic acids is 1. The van der Waals surface area contributed by atoms with E-state index in [2.05, 4.69) is 6.92 Å². The summed E-state index contributed by atoms with van der Waals surface area (Å²) < 4.78 is 0. The molecule has 0 spiro atoms. The molecule has 1 aromatic rings. The van der Waals surface area contributed by atoms with Gasteiger partial charge < -0.3 is 10.2 Å². The number of benzene rings is 1. The van der Waals surface area contributed by atoms with Crippen molar-refractivity contribution in [3.63, 3.8) is 0 Å². The maximum Gasteiger partial charge on any atom is 0.331 e. The minimum absolute atomic E-state index is 0.135. The third-order valence-corrected chi connectivity index (χ3v) is 5.73. The second-order valence-corrected chi connectivity index (χ2v) is 8.04. The summed E-state index contributed by atoms with van der Waals surface area (Å²) in [6.45, 7) is 2.24. The Labute approximate surface area is 170 Å². The van der Waals surface area contributed by atoms with Crippen LogP contribution in [0.25, 0.3) is 0 Å². The van der Waals surface area contributed by atoms with E-state index in [0.29, 0.717) is 5.57 Å². The van der Waals surface area contributed by atoms with Gasteiger partial charge in [-0.2, -0.15) is 0 Å². The highest BCUT2D eigenvalue weighted by molar-refractivity contribution is 5.89. The van der Waals surface area contributed by atoms with E-state index in [4.69, 9.17) is 0 Å². The van der Waals surface area contributed by atoms with E-state index in [1.165, 1.54) is 51.4 Å². The topological polar surface area (TPSA) is 57.5 Å². The zero-order chi connectivity index (χ0) is 20.2. The average molecular weight is 385 g/mol. The molecule has 0 aliphatic heterocycles. The smallest absolute Gasteiger partial charge is 0.331 e. The summed E-state index contributed by atoms with van der Waals surface area (Å²) >= 11 is 0. The number of carboxylic acid groups (broad SMARTS) is 1. The van der Waals surface area contributed by atoms with Gasteiger partial charge in [0.25, 0.3) is 0 Å². The molecule has 2 N–H and O–H groups in total. The van der Waals surface area contributed by atoms with Crippen molar-refractivity contribution < 1.29 is 15.0 Å². The fraction of sp³-hybridized carbons (Fsp3) is 0.560.